The van der Waals surface area contributed by atoms with Crippen LogP contribution in [0.25, 0.3) is 0 Å². The molecule has 0 fully saturated rings. The normalized spacial score (nSPS) is 17.6. The van der Waals surface area contributed by atoms with Gasteiger partial charge in [0.25, 0.3) is 0 Å². The fraction of sp³-hybridized carbons (Fsp3) is 0.333. The summed E-state index contributed by atoms with van der Waals surface area (Å²) in [6.07, 6.45) is 3.75. The standard InChI is InChI=1S/C3H4N2/c1-2-5-3-4-1/h1-2H,3H2/p+2. The molecule has 0 saturated heterocycles. The van der Waals surface area contributed by atoms with E-state index in [1.807, 2.05) is 12.4 Å². The van der Waals surface area contributed by atoms with Crippen LogP contribution >= 0.6 is 0 Å². The van der Waals surface area contributed by atoms with E-state index in [0.29, 0.717) is 0 Å². The Morgan fingerprint density at radius 2 is 1.80 bits per heavy atom. The molecule has 0 atom stereocenters. The van der Waals surface area contributed by atoms with Crippen LogP contribution in [-0.4, -0.2) is 19.1 Å². The van der Waals surface area contributed by atoms with Gasteiger partial charge in [-0.3, -0.25) is 0 Å². The molecule has 0 spiro atoms. The highest BCUT2D eigenvalue weighted by molar-refractivity contribution is 6.10. The highest BCUT2D eigenvalue weighted by Gasteiger charge is 1.88. The van der Waals surface area contributed by atoms with E-state index in [9.17, 15) is 0 Å². The van der Waals surface area contributed by atoms with Crippen molar-refractivity contribution in [2.45, 2.75) is 0 Å². The molecule has 1 aliphatic rings. The minimum atomic E-state index is 0.889. The van der Waals surface area contributed by atoms with Gasteiger partial charge in [0.15, 0.2) is 0 Å². The molecule has 2 heteroatoms. The smallest absolute Gasteiger partial charge is 0.185 e. The summed E-state index contributed by atoms with van der Waals surface area (Å²) in [6.45, 7) is 0.889. The van der Waals surface area contributed by atoms with Crippen molar-refractivity contribution in [3.8, 4) is 0 Å². The molecule has 0 amide bonds. The van der Waals surface area contributed by atoms with Crippen molar-refractivity contribution >= 4 is 12.4 Å². The van der Waals surface area contributed by atoms with E-state index in [0.717, 1.165) is 6.67 Å². The van der Waals surface area contributed by atoms with Crippen LogP contribution < -0.4 is 9.98 Å². The Balaban J connectivity index is 2.61. The Hall–Kier alpha value is -0.660. The summed E-state index contributed by atoms with van der Waals surface area (Å²) < 4.78 is 0. The van der Waals surface area contributed by atoms with Gasteiger partial charge in [0.1, 0.15) is 0 Å². The first-order valence-electron chi connectivity index (χ1n) is 1.62. The van der Waals surface area contributed by atoms with E-state index in [1.54, 1.807) is 0 Å². The third kappa shape index (κ3) is 0.318. The van der Waals surface area contributed by atoms with Crippen LogP contribution in [0.5, 0.6) is 0 Å². The summed E-state index contributed by atoms with van der Waals surface area (Å²) in [6, 6.07) is 0. The third-order valence-corrected chi connectivity index (χ3v) is 0.523. The van der Waals surface area contributed by atoms with E-state index in [2.05, 4.69) is 9.98 Å². The van der Waals surface area contributed by atoms with Gasteiger partial charge in [-0.25, -0.2) is 0 Å². The topological polar surface area (TPSA) is 27.9 Å². The van der Waals surface area contributed by atoms with Gasteiger partial charge in [-0.15, -0.1) is 0 Å². The van der Waals surface area contributed by atoms with Crippen molar-refractivity contribution in [2.75, 3.05) is 6.67 Å². The first-order chi connectivity index (χ1) is 2.50. The van der Waals surface area contributed by atoms with Crippen molar-refractivity contribution in [3.63, 3.8) is 0 Å². The fourth-order valence-corrected chi connectivity index (χ4v) is 0.295. The largest absolute Gasteiger partial charge is 0.331 e. The lowest BCUT2D eigenvalue weighted by atomic mass is 10.9. The highest BCUT2D eigenvalue weighted by Crippen LogP contribution is 1.07. The van der Waals surface area contributed by atoms with Crippen LogP contribution in [0.1, 0.15) is 0 Å². The quantitative estimate of drug-likeness (QED) is 0.293. The number of hydrogen-bond acceptors (Lipinski definition) is 0. The van der Waals surface area contributed by atoms with Gasteiger partial charge in [0.05, 0.1) is 0 Å². The van der Waals surface area contributed by atoms with Crippen molar-refractivity contribution in [1.29, 1.82) is 0 Å². The van der Waals surface area contributed by atoms with Gasteiger partial charge in [0, 0.05) is 0 Å². The average Bonchev–Trinajstić information content (AvgIpc) is 1.76. The monoisotopic (exact) mass is 70.1 g/mol. The minimum absolute atomic E-state index is 0.889. The van der Waals surface area contributed by atoms with Gasteiger partial charge >= 0.3 is 6.67 Å². The summed E-state index contributed by atoms with van der Waals surface area (Å²) >= 11 is 0. The molecule has 0 aromatic heterocycles. The molecule has 0 aromatic carbocycles. The zero-order valence-electron chi connectivity index (χ0n) is 2.86. The Morgan fingerprint density at radius 3 is 2.00 bits per heavy atom. The van der Waals surface area contributed by atoms with E-state index < -0.39 is 0 Å². The highest BCUT2D eigenvalue weighted by atomic mass is 14.9. The molecule has 1 rings (SSSR count). The van der Waals surface area contributed by atoms with Gasteiger partial charge < -0.3 is 0 Å². The maximum atomic E-state index is 2.93. The van der Waals surface area contributed by atoms with Crippen LogP contribution in [0.2, 0.25) is 0 Å². The molecule has 2 nitrogen and oxygen atoms in total. The lowest BCUT2D eigenvalue weighted by Gasteiger charge is -1.48. The zero-order chi connectivity index (χ0) is 3.54. The molecule has 0 unspecified atom stereocenters. The Labute approximate surface area is 30.3 Å². The van der Waals surface area contributed by atoms with Crippen LogP contribution in [0.15, 0.2) is 0 Å². The maximum Gasteiger partial charge on any atom is 0.331 e. The van der Waals surface area contributed by atoms with E-state index in [1.165, 1.54) is 0 Å². The molecule has 0 saturated carbocycles. The second kappa shape index (κ2) is 0.971. The first-order valence-corrected chi connectivity index (χ1v) is 1.62. The average molecular weight is 70.1 g/mol. The number of nitrogens with one attached hydrogen (secondary N) is 2. The van der Waals surface area contributed by atoms with Gasteiger partial charge in [-0.05, 0) is 0 Å². The van der Waals surface area contributed by atoms with Crippen molar-refractivity contribution < 1.29 is 9.98 Å². The summed E-state index contributed by atoms with van der Waals surface area (Å²) in [4.78, 5) is 5.86. The van der Waals surface area contributed by atoms with Crippen LogP contribution in [0, 0.1) is 0 Å². The Bertz CT molecular complexity index is 63.0. The maximum absolute atomic E-state index is 2.93. The summed E-state index contributed by atoms with van der Waals surface area (Å²) in [5.41, 5.74) is 0. The van der Waals surface area contributed by atoms with Gasteiger partial charge in [-0.2, -0.15) is 9.98 Å². The second-order valence-electron chi connectivity index (χ2n) is 0.918. The molecule has 0 aliphatic carbocycles. The van der Waals surface area contributed by atoms with Crippen LogP contribution in [0.4, 0.5) is 0 Å². The Kier molecular flexibility index (Phi) is 0.499. The number of rotatable bonds is 0. The van der Waals surface area contributed by atoms with Crippen LogP contribution in [-0.2, 0) is 0 Å². The molecule has 2 N–H and O–H groups in total. The SMILES string of the molecule is C1=[NH+]C[NH+]=C1. The third-order valence-electron chi connectivity index (χ3n) is 0.523. The molecule has 1 aliphatic heterocycles. The van der Waals surface area contributed by atoms with Crippen LogP contribution in [0.3, 0.4) is 0 Å². The number of hydrogen-bond donors (Lipinski definition) is 2. The van der Waals surface area contributed by atoms with Crippen molar-refractivity contribution in [2.24, 2.45) is 0 Å². The van der Waals surface area contributed by atoms with E-state index >= 15 is 0 Å². The second-order valence-corrected chi connectivity index (χ2v) is 0.918. The van der Waals surface area contributed by atoms with Crippen molar-refractivity contribution in [1.82, 2.24) is 0 Å². The summed E-state index contributed by atoms with van der Waals surface area (Å²) in [7, 11) is 0. The lowest BCUT2D eigenvalue weighted by molar-refractivity contribution is -0.660. The predicted octanol–water partition coefficient (Wildman–Crippen LogP) is -3.74. The molecular formula is C3H6N2+2. The minimum Gasteiger partial charge on any atom is -0.185 e. The van der Waals surface area contributed by atoms with Crippen molar-refractivity contribution in [3.05, 3.63) is 0 Å². The molecule has 5 heavy (non-hydrogen) atoms. The fourth-order valence-electron chi connectivity index (χ4n) is 0.295. The molecule has 26 valence electrons. The van der Waals surface area contributed by atoms with Gasteiger partial charge in [-0.1, -0.05) is 0 Å². The molecule has 0 bridgehead atoms. The molecular weight excluding hydrogens is 64.0 g/mol. The predicted molar refractivity (Wildman–Crippen MR) is 18.9 cm³/mol. The molecule has 1 heterocycles. The molecule has 0 aromatic rings. The van der Waals surface area contributed by atoms with E-state index in [-0.39, 0.29) is 0 Å². The Morgan fingerprint density at radius 1 is 1.20 bits per heavy atom. The first kappa shape index (κ1) is 2.57. The zero-order valence-corrected chi connectivity index (χ0v) is 2.86. The summed E-state index contributed by atoms with van der Waals surface area (Å²) in [5.74, 6) is 0. The lowest BCUT2D eigenvalue weighted by Crippen LogP contribution is -2.85. The van der Waals surface area contributed by atoms with Gasteiger partial charge in [0.2, 0.25) is 12.4 Å². The van der Waals surface area contributed by atoms with E-state index in [4.69, 9.17) is 0 Å². The summed E-state index contributed by atoms with van der Waals surface area (Å²) in [5, 5.41) is 0. The molecule has 0 radical (unpaired) electrons.